The van der Waals surface area contributed by atoms with Crippen LogP contribution in [0.1, 0.15) is 19.4 Å². The standard InChI is InChI=1S/C22H28N2O5S/c1-4-24(5-2)30(26,27)21-13-6-18(7-14-21)8-15-22(25)23-16-17-29-20-11-9-19(28-3)10-12-20/h6-15H,4-5,16-17H2,1-3H3,(H,23,25)/b15-8+. The molecule has 1 amide bonds. The lowest BCUT2D eigenvalue weighted by molar-refractivity contribution is -0.116. The summed E-state index contributed by atoms with van der Waals surface area (Å²) in [6, 6.07) is 13.6. The lowest BCUT2D eigenvalue weighted by Crippen LogP contribution is -2.30. The summed E-state index contributed by atoms with van der Waals surface area (Å²) in [5.74, 6) is 1.19. The molecule has 0 aromatic heterocycles. The van der Waals surface area contributed by atoms with Gasteiger partial charge in [-0.15, -0.1) is 0 Å². The van der Waals surface area contributed by atoms with E-state index in [1.165, 1.54) is 10.4 Å². The molecule has 0 radical (unpaired) electrons. The molecule has 30 heavy (non-hydrogen) atoms. The van der Waals surface area contributed by atoms with Gasteiger partial charge in [-0.3, -0.25) is 4.79 Å². The largest absolute Gasteiger partial charge is 0.497 e. The van der Waals surface area contributed by atoms with Crippen LogP contribution in [0.5, 0.6) is 11.5 Å². The van der Waals surface area contributed by atoms with Gasteiger partial charge in [-0.25, -0.2) is 8.42 Å². The molecule has 8 heteroatoms. The molecule has 1 N–H and O–H groups in total. The third-order valence-electron chi connectivity index (χ3n) is 4.38. The van der Waals surface area contributed by atoms with Crippen molar-refractivity contribution in [2.75, 3.05) is 33.4 Å². The highest BCUT2D eigenvalue weighted by Crippen LogP contribution is 2.17. The van der Waals surface area contributed by atoms with Crippen molar-refractivity contribution < 1.29 is 22.7 Å². The van der Waals surface area contributed by atoms with Gasteiger partial charge in [0, 0.05) is 19.2 Å². The summed E-state index contributed by atoms with van der Waals surface area (Å²) >= 11 is 0. The number of amides is 1. The molecule has 0 saturated carbocycles. The van der Waals surface area contributed by atoms with E-state index < -0.39 is 10.0 Å². The van der Waals surface area contributed by atoms with Gasteiger partial charge in [0.1, 0.15) is 18.1 Å². The third-order valence-corrected chi connectivity index (χ3v) is 6.44. The predicted octanol–water partition coefficient (Wildman–Crippen LogP) is 2.93. The van der Waals surface area contributed by atoms with Crippen molar-refractivity contribution in [3.8, 4) is 11.5 Å². The summed E-state index contributed by atoms with van der Waals surface area (Å²) in [4.78, 5) is 12.2. The highest BCUT2D eigenvalue weighted by molar-refractivity contribution is 7.89. The Morgan fingerprint density at radius 2 is 1.60 bits per heavy atom. The number of benzene rings is 2. The average molecular weight is 433 g/mol. The van der Waals surface area contributed by atoms with Crippen LogP contribution in [-0.4, -0.2) is 52.0 Å². The average Bonchev–Trinajstić information content (AvgIpc) is 2.76. The van der Waals surface area contributed by atoms with Gasteiger partial charge in [0.2, 0.25) is 15.9 Å². The Balaban J connectivity index is 1.81. The molecule has 0 aliphatic rings. The number of carbonyl (C=O) groups excluding carboxylic acids is 1. The Kier molecular flexibility index (Phi) is 8.89. The quantitative estimate of drug-likeness (QED) is 0.436. The molecule has 162 valence electrons. The lowest BCUT2D eigenvalue weighted by atomic mass is 10.2. The summed E-state index contributed by atoms with van der Waals surface area (Å²) in [5, 5.41) is 2.73. The van der Waals surface area contributed by atoms with Crippen molar-refractivity contribution >= 4 is 22.0 Å². The van der Waals surface area contributed by atoms with Crippen LogP contribution in [0.15, 0.2) is 59.5 Å². The van der Waals surface area contributed by atoms with Crippen LogP contribution in [0, 0.1) is 0 Å². The summed E-state index contributed by atoms with van der Waals surface area (Å²) in [6.45, 7) is 5.14. The van der Waals surface area contributed by atoms with Gasteiger partial charge < -0.3 is 14.8 Å². The number of nitrogens with one attached hydrogen (secondary N) is 1. The first-order valence-corrected chi connectivity index (χ1v) is 11.2. The molecule has 0 spiro atoms. The molecule has 0 fully saturated rings. The van der Waals surface area contributed by atoms with Crippen molar-refractivity contribution in [1.29, 1.82) is 0 Å². The number of sulfonamides is 1. The monoisotopic (exact) mass is 432 g/mol. The summed E-state index contributed by atoms with van der Waals surface area (Å²) in [7, 11) is -1.88. The molecule has 7 nitrogen and oxygen atoms in total. The highest BCUT2D eigenvalue weighted by Gasteiger charge is 2.20. The van der Waals surface area contributed by atoms with E-state index in [1.807, 2.05) is 0 Å². The van der Waals surface area contributed by atoms with Gasteiger partial charge in [0.05, 0.1) is 18.6 Å². The maximum Gasteiger partial charge on any atom is 0.244 e. The topological polar surface area (TPSA) is 84.9 Å². The zero-order valence-electron chi connectivity index (χ0n) is 17.5. The first-order valence-electron chi connectivity index (χ1n) is 9.73. The van der Waals surface area contributed by atoms with E-state index in [0.717, 1.165) is 11.3 Å². The minimum atomic E-state index is -3.48. The van der Waals surface area contributed by atoms with Crippen LogP contribution in [0.2, 0.25) is 0 Å². The fraction of sp³-hybridized carbons (Fsp3) is 0.318. The van der Waals surface area contributed by atoms with Gasteiger partial charge in [-0.2, -0.15) is 4.31 Å². The molecule has 2 aromatic carbocycles. The van der Waals surface area contributed by atoms with Crippen molar-refractivity contribution in [3.05, 3.63) is 60.2 Å². The van der Waals surface area contributed by atoms with Crippen LogP contribution < -0.4 is 14.8 Å². The van der Waals surface area contributed by atoms with Crippen LogP contribution in [-0.2, 0) is 14.8 Å². The lowest BCUT2D eigenvalue weighted by Gasteiger charge is -2.18. The van der Waals surface area contributed by atoms with Crippen LogP contribution in [0.25, 0.3) is 6.08 Å². The van der Waals surface area contributed by atoms with E-state index in [9.17, 15) is 13.2 Å². The number of carbonyl (C=O) groups is 1. The summed E-state index contributed by atoms with van der Waals surface area (Å²) < 4.78 is 37.0. The van der Waals surface area contributed by atoms with Gasteiger partial charge in [-0.05, 0) is 48.0 Å². The minimum absolute atomic E-state index is 0.239. The fourth-order valence-corrected chi connectivity index (χ4v) is 4.17. The second-order valence-electron chi connectivity index (χ2n) is 6.31. The normalized spacial score (nSPS) is 11.6. The smallest absolute Gasteiger partial charge is 0.244 e. The zero-order chi connectivity index (χ0) is 22.0. The number of ether oxygens (including phenoxy) is 2. The number of nitrogens with zero attached hydrogens (tertiary/aromatic N) is 1. The molecule has 0 atom stereocenters. The number of rotatable bonds is 11. The van der Waals surface area contributed by atoms with Gasteiger partial charge in [-0.1, -0.05) is 26.0 Å². The molecular formula is C22H28N2O5S. The van der Waals surface area contributed by atoms with Crippen molar-refractivity contribution in [3.63, 3.8) is 0 Å². The van der Waals surface area contributed by atoms with Crippen molar-refractivity contribution in [2.24, 2.45) is 0 Å². The van der Waals surface area contributed by atoms with E-state index in [-0.39, 0.29) is 10.8 Å². The molecule has 0 bridgehead atoms. The Hall–Kier alpha value is -2.84. The van der Waals surface area contributed by atoms with E-state index in [1.54, 1.807) is 75.6 Å². The molecule has 0 aliphatic heterocycles. The van der Waals surface area contributed by atoms with Crippen molar-refractivity contribution in [2.45, 2.75) is 18.7 Å². The first-order chi connectivity index (χ1) is 14.4. The zero-order valence-corrected chi connectivity index (χ0v) is 18.3. The molecule has 0 unspecified atom stereocenters. The maximum absolute atomic E-state index is 12.5. The van der Waals surface area contributed by atoms with E-state index in [2.05, 4.69) is 5.32 Å². The highest BCUT2D eigenvalue weighted by atomic mass is 32.2. The van der Waals surface area contributed by atoms with Crippen LogP contribution in [0.3, 0.4) is 0 Å². The molecule has 2 rings (SSSR count). The summed E-state index contributed by atoms with van der Waals surface area (Å²) in [5.41, 5.74) is 0.734. The first kappa shape index (κ1) is 23.4. The molecule has 0 aliphatic carbocycles. The summed E-state index contributed by atoms with van der Waals surface area (Å²) in [6.07, 6.45) is 3.04. The van der Waals surface area contributed by atoms with E-state index >= 15 is 0 Å². The molecule has 0 heterocycles. The number of methoxy groups -OCH3 is 1. The van der Waals surface area contributed by atoms with Gasteiger partial charge >= 0.3 is 0 Å². The van der Waals surface area contributed by atoms with Gasteiger partial charge in [0.25, 0.3) is 0 Å². The molecular weight excluding hydrogens is 404 g/mol. The Morgan fingerprint density at radius 3 is 2.17 bits per heavy atom. The number of hydrogen-bond acceptors (Lipinski definition) is 5. The SMILES string of the molecule is CCN(CC)S(=O)(=O)c1ccc(/C=C/C(=O)NCCOc2ccc(OC)cc2)cc1. The second-order valence-corrected chi connectivity index (χ2v) is 8.24. The van der Waals surface area contributed by atoms with Gasteiger partial charge in [0.15, 0.2) is 0 Å². The maximum atomic E-state index is 12.5. The molecule has 2 aromatic rings. The molecule has 0 saturated heterocycles. The van der Waals surface area contributed by atoms with E-state index in [0.29, 0.717) is 32.0 Å². The Labute approximate surface area is 178 Å². The fourth-order valence-electron chi connectivity index (χ4n) is 2.71. The number of hydrogen-bond donors (Lipinski definition) is 1. The minimum Gasteiger partial charge on any atom is -0.497 e. The predicted molar refractivity (Wildman–Crippen MR) is 117 cm³/mol. The van der Waals surface area contributed by atoms with E-state index in [4.69, 9.17) is 9.47 Å². The van der Waals surface area contributed by atoms with Crippen LogP contribution >= 0.6 is 0 Å². The van der Waals surface area contributed by atoms with Crippen molar-refractivity contribution in [1.82, 2.24) is 9.62 Å². The third kappa shape index (κ3) is 6.60. The van der Waals surface area contributed by atoms with Crippen LogP contribution in [0.4, 0.5) is 0 Å². The second kappa shape index (κ2) is 11.4. The Bertz CT molecular complexity index is 934. The Morgan fingerprint density at radius 1 is 1.00 bits per heavy atom.